The summed E-state index contributed by atoms with van der Waals surface area (Å²) in [6.07, 6.45) is 6.59. The van der Waals surface area contributed by atoms with E-state index in [0.717, 1.165) is 6.42 Å². The number of hydrogen-bond donors (Lipinski definition) is 0. The maximum atomic E-state index is 9.97. The number of hydrogen-bond acceptors (Lipinski definition) is 1. The Morgan fingerprint density at radius 1 is 1.56 bits per heavy atom. The molecule has 0 aromatic rings. The summed E-state index contributed by atoms with van der Waals surface area (Å²) < 4.78 is 0.120. The van der Waals surface area contributed by atoms with E-state index in [2.05, 4.69) is 29.5 Å². The molecule has 1 unspecified atom stereocenters. The lowest BCUT2D eigenvalue weighted by atomic mass is 10.2. The van der Waals surface area contributed by atoms with Crippen molar-refractivity contribution in [3.8, 4) is 0 Å². The number of unbranched alkanes of at least 4 members (excludes halogenated alkanes) is 2. The Hall–Kier alpha value is 0.400. The van der Waals surface area contributed by atoms with Crippen LogP contribution in [0.5, 0.6) is 0 Å². The molecule has 0 rings (SSSR count). The monoisotopic (exact) mass is 239 g/mol. The van der Waals surface area contributed by atoms with Crippen molar-refractivity contribution in [1.82, 2.24) is 0 Å². The van der Waals surface area contributed by atoms with Crippen molar-refractivity contribution in [2.24, 2.45) is 0 Å². The van der Waals surface area contributed by atoms with Crippen molar-refractivity contribution in [3.05, 3.63) is 0 Å². The van der Waals surface area contributed by atoms with Crippen molar-refractivity contribution in [2.45, 2.75) is 36.5 Å². The molecule has 1 nitrogen and oxygen atoms in total. The lowest BCUT2D eigenvalue weighted by molar-refractivity contribution is 0.549. The Morgan fingerprint density at radius 3 is 2.67 bits per heavy atom. The highest BCUT2D eigenvalue weighted by atomic mass is 127. The second kappa shape index (κ2) is 6.52. The van der Waals surface area contributed by atoms with Crippen molar-refractivity contribution >= 4 is 28.9 Å². The zero-order valence-corrected chi connectivity index (χ0v) is 7.85. The van der Waals surface area contributed by atoms with Crippen molar-refractivity contribution < 1.29 is 4.79 Å². The van der Waals surface area contributed by atoms with Gasteiger partial charge in [-0.15, -0.1) is 0 Å². The summed E-state index contributed by atoms with van der Waals surface area (Å²) in [5, 5.41) is 0. The molecule has 0 fully saturated rings. The molecule has 0 heterocycles. The van der Waals surface area contributed by atoms with Gasteiger partial charge in [0.05, 0.1) is 3.92 Å². The highest BCUT2D eigenvalue weighted by molar-refractivity contribution is 14.1. The van der Waals surface area contributed by atoms with E-state index in [1.807, 2.05) is 6.29 Å². The molecule has 0 saturated carbocycles. The molecule has 0 saturated heterocycles. The van der Waals surface area contributed by atoms with E-state index in [4.69, 9.17) is 0 Å². The Kier molecular flexibility index (Phi) is 6.81. The first-order valence-corrected chi connectivity index (χ1v) is 4.57. The van der Waals surface area contributed by atoms with Crippen molar-refractivity contribution in [1.29, 1.82) is 0 Å². The first-order valence-electron chi connectivity index (χ1n) is 3.33. The van der Waals surface area contributed by atoms with Crippen molar-refractivity contribution in [2.75, 3.05) is 0 Å². The molecule has 0 aliphatic carbocycles. The molecule has 0 bridgehead atoms. The summed E-state index contributed by atoms with van der Waals surface area (Å²) in [5.41, 5.74) is 0. The fraction of sp³-hybridized carbons (Fsp3) is 0.857. The number of alkyl halides is 1. The van der Waals surface area contributed by atoms with Crippen LogP contribution < -0.4 is 0 Å². The molecule has 0 amide bonds. The van der Waals surface area contributed by atoms with Gasteiger partial charge in [-0.3, -0.25) is 4.79 Å². The lowest BCUT2D eigenvalue weighted by Gasteiger charge is -1.97. The summed E-state index contributed by atoms with van der Waals surface area (Å²) in [7, 11) is 0. The number of carbonyl (C=O) groups excluding carboxylic acids is 1. The predicted molar refractivity (Wildman–Crippen MR) is 47.6 cm³/mol. The summed E-state index contributed by atoms with van der Waals surface area (Å²) in [5.74, 6) is 0. The Balaban J connectivity index is 2.96. The van der Waals surface area contributed by atoms with Gasteiger partial charge < -0.3 is 0 Å². The number of halogens is 1. The van der Waals surface area contributed by atoms with Gasteiger partial charge in [-0.2, -0.15) is 0 Å². The predicted octanol–water partition coefficient (Wildman–Crippen LogP) is 2.48. The third-order valence-corrected chi connectivity index (χ3v) is 2.07. The second-order valence-electron chi connectivity index (χ2n) is 2.08. The van der Waals surface area contributed by atoms with Gasteiger partial charge in [-0.1, -0.05) is 48.8 Å². The van der Waals surface area contributed by atoms with Gasteiger partial charge >= 0.3 is 0 Å². The summed E-state index contributed by atoms with van der Waals surface area (Å²) in [4.78, 5) is 9.97. The van der Waals surface area contributed by atoms with Crippen LogP contribution in [0, 0.1) is 0 Å². The molecule has 0 aromatic carbocycles. The highest BCUT2D eigenvalue weighted by Crippen LogP contribution is 2.08. The Bertz CT molecular complexity index is 73.3. The van der Waals surface area contributed by atoms with Crippen LogP contribution in [0.15, 0.2) is 0 Å². The van der Waals surface area contributed by atoms with Crippen LogP contribution in [-0.2, 0) is 4.79 Å². The standard InChI is InChI=1S/C7H12IO/c1-2-3-4-5-7(8)6-9/h7H,2-5H2,1H3. The molecule has 1 radical (unpaired) electrons. The average Bonchev–Trinajstić information content (AvgIpc) is 1.89. The zero-order valence-electron chi connectivity index (χ0n) is 5.69. The first kappa shape index (κ1) is 9.40. The summed E-state index contributed by atoms with van der Waals surface area (Å²) in [6, 6.07) is 0. The third-order valence-electron chi connectivity index (χ3n) is 1.19. The fourth-order valence-corrected chi connectivity index (χ4v) is 1.07. The molecular weight excluding hydrogens is 227 g/mol. The van der Waals surface area contributed by atoms with Crippen LogP contribution in [0.25, 0.3) is 0 Å². The molecule has 53 valence electrons. The van der Waals surface area contributed by atoms with Gasteiger partial charge in [0.2, 0.25) is 6.29 Å². The smallest absolute Gasteiger partial charge is 0.212 e. The zero-order chi connectivity index (χ0) is 7.11. The van der Waals surface area contributed by atoms with E-state index < -0.39 is 0 Å². The van der Waals surface area contributed by atoms with Gasteiger partial charge in [0.1, 0.15) is 0 Å². The minimum atomic E-state index is 0.120. The van der Waals surface area contributed by atoms with Crippen LogP contribution in [0.2, 0.25) is 0 Å². The summed E-state index contributed by atoms with van der Waals surface area (Å²) >= 11 is 2.12. The molecule has 9 heavy (non-hydrogen) atoms. The molecule has 1 atom stereocenters. The van der Waals surface area contributed by atoms with Gasteiger partial charge in [0.25, 0.3) is 0 Å². The SMILES string of the molecule is CCCCCC(I)[C]=O. The molecule has 0 aromatic heterocycles. The lowest BCUT2D eigenvalue weighted by Crippen LogP contribution is -1.97. The van der Waals surface area contributed by atoms with Gasteiger partial charge in [0.15, 0.2) is 0 Å². The van der Waals surface area contributed by atoms with E-state index >= 15 is 0 Å². The maximum absolute atomic E-state index is 9.97. The topological polar surface area (TPSA) is 17.1 Å². The largest absolute Gasteiger partial charge is 0.290 e. The molecule has 0 N–H and O–H groups in total. The van der Waals surface area contributed by atoms with E-state index in [0.29, 0.717) is 0 Å². The van der Waals surface area contributed by atoms with Gasteiger partial charge in [0, 0.05) is 0 Å². The van der Waals surface area contributed by atoms with Crippen LogP contribution in [-0.4, -0.2) is 10.2 Å². The Labute approximate surface area is 70.4 Å². The molecule has 2 heteroatoms. The summed E-state index contributed by atoms with van der Waals surface area (Å²) in [6.45, 7) is 2.16. The van der Waals surface area contributed by atoms with Gasteiger partial charge in [-0.05, 0) is 6.42 Å². The maximum Gasteiger partial charge on any atom is 0.212 e. The second-order valence-corrected chi connectivity index (χ2v) is 3.58. The van der Waals surface area contributed by atoms with Gasteiger partial charge in [-0.25, -0.2) is 0 Å². The minimum absolute atomic E-state index is 0.120. The third kappa shape index (κ3) is 6.28. The average molecular weight is 239 g/mol. The molecule has 0 aliphatic rings. The first-order chi connectivity index (χ1) is 4.31. The number of rotatable bonds is 5. The van der Waals surface area contributed by atoms with Crippen LogP contribution in [0.1, 0.15) is 32.6 Å². The van der Waals surface area contributed by atoms with E-state index in [1.165, 1.54) is 19.3 Å². The van der Waals surface area contributed by atoms with Crippen LogP contribution in [0.4, 0.5) is 0 Å². The fourth-order valence-electron chi connectivity index (χ4n) is 0.632. The molecular formula is C7H12IO. The highest BCUT2D eigenvalue weighted by Gasteiger charge is 1.99. The van der Waals surface area contributed by atoms with E-state index in [-0.39, 0.29) is 3.92 Å². The minimum Gasteiger partial charge on any atom is -0.290 e. The molecule has 0 aliphatic heterocycles. The van der Waals surface area contributed by atoms with E-state index in [1.54, 1.807) is 0 Å². The quantitative estimate of drug-likeness (QED) is 0.409. The Morgan fingerprint density at radius 2 is 2.22 bits per heavy atom. The van der Waals surface area contributed by atoms with Crippen LogP contribution >= 0.6 is 22.6 Å². The van der Waals surface area contributed by atoms with Crippen LogP contribution in [0.3, 0.4) is 0 Å². The van der Waals surface area contributed by atoms with Crippen molar-refractivity contribution in [3.63, 3.8) is 0 Å². The van der Waals surface area contributed by atoms with E-state index in [9.17, 15) is 4.79 Å². The molecule has 0 spiro atoms. The normalized spacial score (nSPS) is 13.1.